The second-order valence-corrected chi connectivity index (χ2v) is 11.6. The fourth-order valence-electron chi connectivity index (χ4n) is 5.52. The molecule has 1 unspecified atom stereocenters. The standard InChI is InChI=1S/C31H42N2O5/c1-19(2)13-27(31(37)38-24-7-5-6-8-24)32-12-11-21-9-10-22-17-33(18-23(22)14-21)30(36)26-15-25(20(3)4)28(34)16-29(26)35/h9-10,14-16,19-20,24,27,32,34-35H,5-8,11-13,17-18H2,1-4H3. The van der Waals surface area contributed by atoms with Gasteiger partial charge in [-0.3, -0.25) is 9.59 Å². The van der Waals surface area contributed by atoms with E-state index in [1.807, 2.05) is 13.8 Å². The van der Waals surface area contributed by atoms with Gasteiger partial charge in [-0.05, 0) is 85.2 Å². The molecule has 0 bridgehead atoms. The molecule has 1 aliphatic heterocycles. The number of ether oxygens (including phenoxy) is 1. The van der Waals surface area contributed by atoms with Crippen LogP contribution >= 0.6 is 0 Å². The van der Waals surface area contributed by atoms with E-state index in [1.165, 1.54) is 6.07 Å². The third kappa shape index (κ3) is 6.68. The minimum Gasteiger partial charge on any atom is -0.508 e. The summed E-state index contributed by atoms with van der Waals surface area (Å²) in [5.74, 6) is -0.176. The summed E-state index contributed by atoms with van der Waals surface area (Å²) >= 11 is 0. The molecular weight excluding hydrogens is 480 g/mol. The van der Waals surface area contributed by atoms with Crippen LogP contribution in [0.25, 0.3) is 0 Å². The first-order valence-electron chi connectivity index (χ1n) is 14.0. The highest BCUT2D eigenvalue weighted by Crippen LogP contribution is 2.34. The first kappa shape index (κ1) is 28.0. The van der Waals surface area contributed by atoms with Crippen LogP contribution in [0.15, 0.2) is 30.3 Å². The highest BCUT2D eigenvalue weighted by atomic mass is 16.5. The van der Waals surface area contributed by atoms with Crippen LogP contribution in [0.4, 0.5) is 0 Å². The molecule has 0 aromatic heterocycles. The fraction of sp³-hybridized carbons (Fsp3) is 0.548. The van der Waals surface area contributed by atoms with Gasteiger partial charge in [-0.15, -0.1) is 0 Å². The molecule has 7 nitrogen and oxygen atoms in total. The molecule has 2 aromatic rings. The number of esters is 1. The van der Waals surface area contributed by atoms with Gasteiger partial charge in [-0.2, -0.15) is 0 Å². The van der Waals surface area contributed by atoms with E-state index in [-0.39, 0.29) is 47.0 Å². The average Bonchev–Trinajstić information content (AvgIpc) is 3.52. The highest BCUT2D eigenvalue weighted by Gasteiger charge is 2.28. The third-order valence-corrected chi connectivity index (χ3v) is 7.66. The van der Waals surface area contributed by atoms with Crippen LogP contribution in [0.2, 0.25) is 0 Å². The van der Waals surface area contributed by atoms with Gasteiger partial charge in [-0.25, -0.2) is 0 Å². The molecule has 1 fully saturated rings. The smallest absolute Gasteiger partial charge is 0.323 e. The number of nitrogens with one attached hydrogen (secondary N) is 1. The second-order valence-electron chi connectivity index (χ2n) is 11.6. The van der Waals surface area contributed by atoms with Crippen molar-refractivity contribution in [3.63, 3.8) is 0 Å². The number of nitrogens with zero attached hydrogens (tertiary/aromatic N) is 1. The molecule has 3 N–H and O–H groups in total. The minimum atomic E-state index is -0.299. The van der Waals surface area contributed by atoms with E-state index >= 15 is 0 Å². The van der Waals surface area contributed by atoms with Crippen LogP contribution < -0.4 is 5.32 Å². The molecule has 0 saturated heterocycles. The van der Waals surface area contributed by atoms with Crippen LogP contribution in [0.1, 0.15) is 98.3 Å². The SMILES string of the molecule is CC(C)CC(NCCc1ccc2c(c1)CN(C(=O)c1cc(C(C)C)c(O)cc1O)C2)C(=O)OC1CCCC1. The monoisotopic (exact) mass is 522 g/mol. The predicted molar refractivity (Wildman–Crippen MR) is 147 cm³/mol. The van der Waals surface area contributed by atoms with Gasteiger partial charge in [0.25, 0.3) is 5.91 Å². The molecular formula is C31H42N2O5. The van der Waals surface area contributed by atoms with Crippen molar-refractivity contribution in [2.45, 2.75) is 97.4 Å². The molecule has 4 rings (SSSR count). The fourth-order valence-corrected chi connectivity index (χ4v) is 5.52. The molecule has 0 spiro atoms. The van der Waals surface area contributed by atoms with Crippen molar-refractivity contribution in [2.75, 3.05) is 6.54 Å². The van der Waals surface area contributed by atoms with Crippen molar-refractivity contribution in [3.05, 3.63) is 58.1 Å². The number of carbonyl (C=O) groups is 2. The Hall–Kier alpha value is -3.06. The summed E-state index contributed by atoms with van der Waals surface area (Å²) in [6, 6.07) is 8.84. The molecule has 2 aliphatic rings. The number of rotatable bonds is 10. The van der Waals surface area contributed by atoms with Crippen molar-refractivity contribution >= 4 is 11.9 Å². The number of benzene rings is 2. The largest absolute Gasteiger partial charge is 0.508 e. The molecule has 38 heavy (non-hydrogen) atoms. The Morgan fingerprint density at radius 1 is 1.00 bits per heavy atom. The first-order valence-corrected chi connectivity index (χ1v) is 14.0. The van der Waals surface area contributed by atoms with Gasteiger partial charge in [0.15, 0.2) is 0 Å². The van der Waals surface area contributed by atoms with Gasteiger partial charge >= 0.3 is 5.97 Å². The van der Waals surface area contributed by atoms with Gasteiger partial charge in [0.2, 0.25) is 0 Å². The third-order valence-electron chi connectivity index (χ3n) is 7.66. The lowest BCUT2D eigenvalue weighted by Gasteiger charge is -2.21. The van der Waals surface area contributed by atoms with Crippen LogP contribution in [0.5, 0.6) is 11.5 Å². The lowest BCUT2D eigenvalue weighted by Crippen LogP contribution is -2.41. The number of aromatic hydroxyl groups is 2. The second kappa shape index (κ2) is 12.2. The van der Waals surface area contributed by atoms with E-state index in [2.05, 4.69) is 37.4 Å². The normalized spacial score (nSPS) is 16.3. The Morgan fingerprint density at radius 3 is 2.39 bits per heavy atom. The summed E-state index contributed by atoms with van der Waals surface area (Å²) in [5, 5.41) is 23.9. The predicted octanol–water partition coefficient (Wildman–Crippen LogP) is 5.41. The summed E-state index contributed by atoms with van der Waals surface area (Å²) in [7, 11) is 0. The maximum Gasteiger partial charge on any atom is 0.323 e. The van der Waals surface area contributed by atoms with E-state index in [4.69, 9.17) is 4.74 Å². The zero-order valence-electron chi connectivity index (χ0n) is 23.1. The lowest BCUT2D eigenvalue weighted by molar-refractivity contribution is -0.151. The van der Waals surface area contributed by atoms with E-state index in [1.54, 1.807) is 11.0 Å². The zero-order chi connectivity index (χ0) is 27.4. The van der Waals surface area contributed by atoms with Crippen molar-refractivity contribution in [3.8, 4) is 11.5 Å². The van der Waals surface area contributed by atoms with Crippen molar-refractivity contribution in [2.24, 2.45) is 5.92 Å². The van der Waals surface area contributed by atoms with Crippen LogP contribution in [-0.2, 0) is 29.0 Å². The number of fused-ring (bicyclic) bond motifs is 1. The number of amides is 1. The maximum absolute atomic E-state index is 13.3. The van der Waals surface area contributed by atoms with Crippen LogP contribution in [0, 0.1) is 5.92 Å². The van der Waals surface area contributed by atoms with Gasteiger partial charge in [0, 0.05) is 19.2 Å². The zero-order valence-corrected chi connectivity index (χ0v) is 23.1. The summed E-state index contributed by atoms with van der Waals surface area (Å²) in [5.41, 5.74) is 4.19. The lowest BCUT2D eigenvalue weighted by atomic mass is 9.98. The maximum atomic E-state index is 13.3. The molecule has 1 heterocycles. The van der Waals surface area contributed by atoms with Gasteiger partial charge in [0.1, 0.15) is 23.6 Å². The van der Waals surface area contributed by atoms with Crippen molar-refractivity contribution in [1.29, 1.82) is 0 Å². The Labute approximate surface area is 226 Å². The number of phenolic OH excluding ortho intramolecular Hbond substituents is 2. The van der Waals surface area contributed by atoms with Gasteiger partial charge in [0.05, 0.1) is 5.56 Å². The molecule has 1 atom stereocenters. The molecule has 2 aromatic carbocycles. The first-order chi connectivity index (χ1) is 18.1. The number of phenols is 2. The number of carbonyl (C=O) groups excluding carboxylic acids is 2. The molecule has 1 amide bonds. The van der Waals surface area contributed by atoms with Crippen molar-refractivity contribution in [1.82, 2.24) is 10.2 Å². The molecule has 206 valence electrons. The van der Waals surface area contributed by atoms with E-state index in [9.17, 15) is 19.8 Å². The van der Waals surface area contributed by atoms with E-state index in [0.717, 1.165) is 55.2 Å². The topological polar surface area (TPSA) is 99.1 Å². The van der Waals surface area contributed by atoms with Crippen LogP contribution in [-0.4, -0.2) is 45.7 Å². The minimum absolute atomic E-state index is 0.000517. The quantitative estimate of drug-likeness (QED) is 0.361. The number of hydrogen-bond donors (Lipinski definition) is 3. The molecule has 1 saturated carbocycles. The van der Waals surface area contributed by atoms with Crippen LogP contribution in [0.3, 0.4) is 0 Å². The summed E-state index contributed by atoms with van der Waals surface area (Å²) in [6.07, 6.45) is 5.80. The number of hydrogen-bond acceptors (Lipinski definition) is 6. The molecule has 1 aliphatic carbocycles. The van der Waals surface area contributed by atoms with Gasteiger partial charge in [-0.1, -0.05) is 45.9 Å². The molecule has 0 radical (unpaired) electrons. The average molecular weight is 523 g/mol. The van der Waals surface area contributed by atoms with Crippen molar-refractivity contribution < 1.29 is 24.5 Å². The Bertz CT molecular complexity index is 1150. The highest BCUT2D eigenvalue weighted by molar-refractivity contribution is 5.97. The van der Waals surface area contributed by atoms with E-state index in [0.29, 0.717) is 31.1 Å². The van der Waals surface area contributed by atoms with E-state index < -0.39 is 0 Å². The summed E-state index contributed by atoms with van der Waals surface area (Å²) in [4.78, 5) is 27.8. The summed E-state index contributed by atoms with van der Waals surface area (Å²) in [6.45, 7) is 9.72. The Balaban J connectivity index is 1.36. The van der Waals surface area contributed by atoms with Gasteiger partial charge < -0.3 is 25.2 Å². The Morgan fingerprint density at radius 2 is 1.71 bits per heavy atom. The summed E-state index contributed by atoms with van der Waals surface area (Å²) < 4.78 is 5.77. The Kier molecular flexibility index (Phi) is 8.98. The molecule has 7 heteroatoms.